The number of para-hydroxylation sites is 1. The number of hydrogen-bond acceptors (Lipinski definition) is 4. The molecule has 0 atom stereocenters. The van der Waals surface area contributed by atoms with E-state index in [2.05, 4.69) is 5.32 Å². The normalized spacial score (nSPS) is 13.0. The van der Waals surface area contributed by atoms with E-state index in [-0.39, 0.29) is 5.91 Å². The maximum atomic E-state index is 13.3. The number of ether oxygens (including phenoxy) is 2. The Labute approximate surface area is 182 Å². The van der Waals surface area contributed by atoms with Crippen molar-refractivity contribution in [2.75, 3.05) is 25.5 Å². The smallest absolute Gasteiger partial charge is 0.262 e. The molecule has 5 heteroatoms. The van der Waals surface area contributed by atoms with Gasteiger partial charge in [-0.2, -0.15) is 0 Å². The van der Waals surface area contributed by atoms with E-state index in [0.717, 1.165) is 42.1 Å². The van der Waals surface area contributed by atoms with Crippen LogP contribution in [0.2, 0.25) is 0 Å². The van der Waals surface area contributed by atoms with Crippen LogP contribution < -0.4 is 14.8 Å². The molecule has 158 valence electrons. The van der Waals surface area contributed by atoms with Crippen LogP contribution in [0, 0.1) is 0 Å². The van der Waals surface area contributed by atoms with Crippen molar-refractivity contribution >= 4 is 17.3 Å². The highest BCUT2D eigenvalue weighted by atomic mass is 16.5. The minimum atomic E-state index is -0.0358. The molecule has 1 heterocycles. The SMILES string of the molecule is COc1ccc(NCCCCN2C(=O)c3ccccc3OC=C2c2ccccc2)cc1. The van der Waals surface area contributed by atoms with Crippen molar-refractivity contribution in [1.82, 2.24) is 4.90 Å². The molecule has 0 fully saturated rings. The summed E-state index contributed by atoms with van der Waals surface area (Å²) < 4.78 is 11.1. The maximum Gasteiger partial charge on any atom is 0.262 e. The number of carbonyl (C=O) groups excluding carboxylic acids is 1. The molecular weight excluding hydrogens is 388 g/mol. The molecule has 31 heavy (non-hydrogen) atoms. The van der Waals surface area contributed by atoms with Crippen LogP contribution in [0.4, 0.5) is 5.69 Å². The Morgan fingerprint density at radius 3 is 2.42 bits per heavy atom. The van der Waals surface area contributed by atoms with Crippen molar-refractivity contribution in [3.8, 4) is 11.5 Å². The molecule has 1 aliphatic heterocycles. The molecule has 1 amide bonds. The lowest BCUT2D eigenvalue weighted by Gasteiger charge is -2.24. The van der Waals surface area contributed by atoms with Gasteiger partial charge in [0.1, 0.15) is 17.8 Å². The fourth-order valence-corrected chi connectivity index (χ4v) is 3.58. The molecule has 0 spiro atoms. The van der Waals surface area contributed by atoms with E-state index >= 15 is 0 Å². The van der Waals surface area contributed by atoms with Gasteiger partial charge in [0.25, 0.3) is 5.91 Å². The number of nitrogens with one attached hydrogen (secondary N) is 1. The second-order valence-electron chi connectivity index (χ2n) is 7.30. The molecule has 4 rings (SSSR count). The third-order valence-corrected chi connectivity index (χ3v) is 5.25. The minimum absolute atomic E-state index is 0.0358. The molecule has 0 unspecified atom stereocenters. The lowest BCUT2D eigenvalue weighted by molar-refractivity contribution is 0.0835. The maximum absolute atomic E-state index is 13.3. The predicted molar refractivity (Wildman–Crippen MR) is 123 cm³/mol. The zero-order valence-electron chi connectivity index (χ0n) is 17.6. The van der Waals surface area contributed by atoms with E-state index in [4.69, 9.17) is 9.47 Å². The number of benzene rings is 3. The Morgan fingerprint density at radius 2 is 1.65 bits per heavy atom. The van der Waals surface area contributed by atoms with Gasteiger partial charge in [-0.15, -0.1) is 0 Å². The summed E-state index contributed by atoms with van der Waals surface area (Å²) in [5.74, 6) is 1.39. The van der Waals surface area contributed by atoms with Gasteiger partial charge in [0.2, 0.25) is 0 Å². The first-order chi connectivity index (χ1) is 15.3. The van der Waals surface area contributed by atoms with Crippen molar-refractivity contribution in [2.24, 2.45) is 0 Å². The van der Waals surface area contributed by atoms with Gasteiger partial charge in [-0.25, -0.2) is 0 Å². The van der Waals surface area contributed by atoms with Crippen LogP contribution in [-0.2, 0) is 0 Å². The molecule has 3 aromatic rings. The number of rotatable bonds is 8. The van der Waals surface area contributed by atoms with Crippen molar-refractivity contribution in [1.29, 1.82) is 0 Å². The predicted octanol–water partition coefficient (Wildman–Crippen LogP) is 5.42. The number of fused-ring (bicyclic) bond motifs is 1. The van der Waals surface area contributed by atoms with Gasteiger partial charge in [-0.3, -0.25) is 4.79 Å². The zero-order valence-corrected chi connectivity index (χ0v) is 17.6. The molecule has 0 bridgehead atoms. The van der Waals surface area contributed by atoms with Crippen molar-refractivity contribution < 1.29 is 14.3 Å². The van der Waals surface area contributed by atoms with E-state index in [9.17, 15) is 4.79 Å². The number of nitrogens with zero attached hydrogens (tertiary/aromatic N) is 1. The van der Waals surface area contributed by atoms with Crippen LogP contribution >= 0.6 is 0 Å². The average molecular weight is 415 g/mol. The molecule has 5 nitrogen and oxygen atoms in total. The first-order valence-electron chi connectivity index (χ1n) is 10.5. The van der Waals surface area contributed by atoms with Crippen LogP contribution in [0.3, 0.4) is 0 Å². The van der Waals surface area contributed by atoms with Crippen LogP contribution in [0.5, 0.6) is 11.5 Å². The first-order valence-corrected chi connectivity index (χ1v) is 10.5. The molecule has 1 aliphatic rings. The number of hydrogen-bond donors (Lipinski definition) is 1. The minimum Gasteiger partial charge on any atom is -0.497 e. The lowest BCUT2D eigenvalue weighted by atomic mass is 10.1. The van der Waals surface area contributed by atoms with E-state index in [0.29, 0.717) is 17.9 Å². The molecule has 0 saturated carbocycles. The van der Waals surface area contributed by atoms with Gasteiger partial charge in [0.15, 0.2) is 0 Å². The molecule has 1 N–H and O–H groups in total. The van der Waals surface area contributed by atoms with Gasteiger partial charge >= 0.3 is 0 Å². The highest BCUT2D eigenvalue weighted by Gasteiger charge is 2.26. The second-order valence-corrected chi connectivity index (χ2v) is 7.30. The van der Waals surface area contributed by atoms with E-state index < -0.39 is 0 Å². The van der Waals surface area contributed by atoms with Gasteiger partial charge in [-0.05, 0) is 49.2 Å². The number of unbranched alkanes of at least 4 members (excludes halogenated alkanes) is 1. The fourth-order valence-electron chi connectivity index (χ4n) is 3.58. The topological polar surface area (TPSA) is 50.8 Å². The molecule has 0 radical (unpaired) electrons. The Balaban J connectivity index is 1.42. The molecular formula is C26H26N2O3. The summed E-state index contributed by atoms with van der Waals surface area (Å²) in [4.78, 5) is 15.2. The Bertz CT molecular complexity index is 1050. The van der Waals surface area contributed by atoms with E-state index in [1.165, 1.54) is 0 Å². The largest absolute Gasteiger partial charge is 0.497 e. The van der Waals surface area contributed by atoms with E-state index in [1.54, 1.807) is 13.4 Å². The molecule has 0 aromatic heterocycles. The Morgan fingerprint density at radius 1 is 0.903 bits per heavy atom. The number of amides is 1. The summed E-state index contributed by atoms with van der Waals surface area (Å²) in [7, 11) is 1.66. The van der Waals surface area contributed by atoms with Crippen molar-refractivity contribution in [3.05, 3.63) is 96.3 Å². The van der Waals surface area contributed by atoms with Gasteiger partial charge in [-0.1, -0.05) is 42.5 Å². The van der Waals surface area contributed by atoms with Crippen LogP contribution in [-0.4, -0.2) is 31.0 Å². The van der Waals surface area contributed by atoms with Crippen molar-refractivity contribution in [3.63, 3.8) is 0 Å². The van der Waals surface area contributed by atoms with E-state index in [1.807, 2.05) is 83.8 Å². The zero-order chi connectivity index (χ0) is 21.5. The quantitative estimate of drug-likeness (QED) is 0.500. The summed E-state index contributed by atoms with van der Waals surface area (Å²) in [6.45, 7) is 1.44. The second kappa shape index (κ2) is 9.85. The molecule has 0 saturated heterocycles. The summed E-state index contributed by atoms with van der Waals surface area (Å²) in [6, 6.07) is 25.2. The summed E-state index contributed by atoms with van der Waals surface area (Å²) in [5.41, 5.74) is 3.38. The van der Waals surface area contributed by atoms with Crippen LogP contribution in [0.15, 0.2) is 85.1 Å². The number of methoxy groups -OCH3 is 1. The summed E-state index contributed by atoms with van der Waals surface area (Å²) >= 11 is 0. The lowest BCUT2D eigenvalue weighted by Crippen LogP contribution is -2.30. The summed E-state index contributed by atoms with van der Waals surface area (Å²) in [6.07, 6.45) is 3.48. The highest BCUT2D eigenvalue weighted by Crippen LogP contribution is 2.30. The van der Waals surface area contributed by atoms with Crippen LogP contribution in [0.1, 0.15) is 28.8 Å². The first kappa shape index (κ1) is 20.5. The third-order valence-electron chi connectivity index (χ3n) is 5.25. The van der Waals surface area contributed by atoms with Gasteiger partial charge < -0.3 is 19.7 Å². The van der Waals surface area contributed by atoms with Gasteiger partial charge in [0, 0.05) is 24.3 Å². The standard InChI is InChI=1S/C26H26N2O3/c1-30-22-15-13-21(14-16-22)27-17-7-8-18-28-24(20-9-3-2-4-10-20)19-31-25-12-6-5-11-23(25)26(28)29/h2-6,9-16,19,27H,7-8,17-18H2,1H3. The van der Waals surface area contributed by atoms with Crippen molar-refractivity contribution in [2.45, 2.75) is 12.8 Å². The Hall–Kier alpha value is -3.73. The Kier molecular flexibility index (Phi) is 6.53. The molecule has 0 aliphatic carbocycles. The highest BCUT2D eigenvalue weighted by molar-refractivity contribution is 6.02. The fraction of sp³-hybridized carbons (Fsp3) is 0.192. The monoisotopic (exact) mass is 414 g/mol. The van der Waals surface area contributed by atoms with Crippen LogP contribution in [0.25, 0.3) is 5.70 Å². The number of carbonyl (C=O) groups is 1. The number of anilines is 1. The van der Waals surface area contributed by atoms with Gasteiger partial charge in [0.05, 0.1) is 18.4 Å². The third kappa shape index (κ3) is 4.89. The summed E-state index contributed by atoms with van der Waals surface area (Å²) in [5, 5.41) is 3.42. The average Bonchev–Trinajstić information content (AvgIpc) is 2.97. The molecule has 3 aromatic carbocycles.